The molecule has 4 rings (SSSR count). The Bertz CT molecular complexity index is 1700. The average molecular weight is 805 g/mol. The zero-order valence-electron chi connectivity index (χ0n) is 34.9. The second-order valence-corrected chi connectivity index (χ2v) is 17.0. The molecule has 2 aromatic carbocycles. The van der Waals surface area contributed by atoms with Gasteiger partial charge in [-0.2, -0.15) is 0 Å². The van der Waals surface area contributed by atoms with Gasteiger partial charge in [-0.25, -0.2) is 4.98 Å². The van der Waals surface area contributed by atoms with Crippen LogP contribution >= 0.6 is 11.3 Å². The fourth-order valence-corrected chi connectivity index (χ4v) is 8.65. The molecule has 7 unspecified atom stereocenters. The largest absolute Gasteiger partial charge is 0.481 e. The molecule has 57 heavy (non-hydrogen) atoms. The van der Waals surface area contributed by atoms with E-state index in [9.17, 15) is 19.5 Å². The van der Waals surface area contributed by atoms with Crippen molar-refractivity contribution in [1.82, 2.24) is 20.1 Å². The minimum absolute atomic E-state index is 0.00164. The van der Waals surface area contributed by atoms with Crippen LogP contribution in [0.3, 0.4) is 0 Å². The van der Waals surface area contributed by atoms with Crippen molar-refractivity contribution in [3.8, 4) is 0 Å². The lowest BCUT2D eigenvalue weighted by Crippen LogP contribution is -2.49. The van der Waals surface area contributed by atoms with E-state index in [1.54, 1.807) is 19.4 Å². The van der Waals surface area contributed by atoms with Gasteiger partial charge in [0.1, 0.15) is 23.6 Å². The summed E-state index contributed by atoms with van der Waals surface area (Å²) in [5.74, 6) is -2.37. The Morgan fingerprint density at radius 3 is 2.25 bits per heavy atom. The summed E-state index contributed by atoms with van der Waals surface area (Å²) in [4.78, 5) is 63.3. The topological polar surface area (TPSA) is 138 Å². The van der Waals surface area contributed by atoms with E-state index >= 15 is 4.79 Å². The number of carboxylic acids is 1. The van der Waals surface area contributed by atoms with Crippen molar-refractivity contribution >= 4 is 34.9 Å². The number of hydrogen-bond acceptors (Lipinski definition) is 9. The number of Topliss-reactive ketones (excluding diaryl/α,β-unsaturated/α-hetero) is 1. The predicted molar refractivity (Wildman–Crippen MR) is 224 cm³/mol. The Morgan fingerprint density at radius 1 is 0.982 bits per heavy atom. The van der Waals surface area contributed by atoms with Gasteiger partial charge in [0.25, 0.3) is 5.91 Å². The molecule has 2 N–H and O–H groups in total. The zero-order chi connectivity index (χ0) is 41.5. The van der Waals surface area contributed by atoms with Crippen molar-refractivity contribution < 1.29 is 33.8 Å². The summed E-state index contributed by atoms with van der Waals surface area (Å²) in [6, 6.07) is 18.7. The van der Waals surface area contributed by atoms with Crippen molar-refractivity contribution in [2.45, 2.75) is 117 Å². The quantitative estimate of drug-likeness (QED) is 0.0920. The number of carboxylic acid groups (broad SMARTS) is 1. The van der Waals surface area contributed by atoms with Gasteiger partial charge in [0, 0.05) is 49.9 Å². The highest BCUT2D eigenvalue weighted by Crippen LogP contribution is 2.34. The smallest absolute Gasteiger partial charge is 0.306 e. The number of hydrogen-bond donors (Lipinski definition) is 2. The van der Waals surface area contributed by atoms with E-state index in [-0.39, 0.29) is 60.9 Å². The molecular weight excluding hydrogens is 741 g/mol. The third-order valence-electron chi connectivity index (χ3n) is 11.5. The van der Waals surface area contributed by atoms with E-state index < -0.39 is 35.9 Å². The van der Waals surface area contributed by atoms with E-state index in [2.05, 4.69) is 37.9 Å². The summed E-state index contributed by atoms with van der Waals surface area (Å²) in [5.41, 5.74) is 2.19. The Balaban J connectivity index is 1.63. The third-order valence-corrected chi connectivity index (χ3v) is 12.4. The Morgan fingerprint density at radius 2 is 1.65 bits per heavy atom. The third kappa shape index (κ3) is 13.6. The van der Waals surface area contributed by atoms with Gasteiger partial charge in [-0.3, -0.25) is 24.1 Å². The number of ketones is 1. The molecular formula is C45H64N4O7S. The van der Waals surface area contributed by atoms with Crippen molar-refractivity contribution in [3.63, 3.8) is 0 Å². The molecule has 1 saturated heterocycles. The first-order valence-electron chi connectivity index (χ1n) is 20.5. The van der Waals surface area contributed by atoms with Gasteiger partial charge in [0.15, 0.2) is 5.78 Å². The summed E-state index contributed by atoms with van der Waals surface area (Å²) < 4.78 is 11.6. The van der Waals surface area contributed by atoms with Gasteiger partial charge in [-0.15, -0.1) is 11.3 Å². The number of amides is 2. The molecule has 0 spiro atoms. The monoisotopic (exact) mass is 804 g/mol. The van der Waals surface area contributed by atoms with Crippen LogP contribution < -0.4 is 5.32 Å². The van der Waals surface area contributed by atoms with Crippen LogP contribution in [0.15, 0.2) is 66.0 Å². The minimum Gasteiger partial charge on any atom is -0.481 e. The molecule has 1 aromatic heterocycles. The van der Waals surface area contributed by atoms with Crippen LogP contribution in [0.4, 0.5) is 0 Å². The van der Waals surface area contributed by atoms with Gasteiger partial charge in [0.05, 0.1) is 12.0 Å². The van der Waals surface area contributed by atoms with E-state index in [4.69, 9.17) is 14.5 Å². The number of aromatic nitrogens is 1. The van der Waals surface area contributed by atoms with Crippen LogP contribution in [0.1, 0.15) is 112 Å². The van der Waals surface area contributed by atoms with Crippen molar-refractivity contribution in [2.75, 3.05) is 27.5 Å². The highest BCUT2D eigenvalue weighted by molar-refractivity contribution is 7.09. The first-order chi connectivity index (χ1) is 27.3. The Kier molecular flexibility index (Phi) is 18.3. The summed E-state index contributed by atoms with van der Waals surface area (Å²) in [6.07, 6.45) is 4.38. The van der Waals surface area contributed by atoms with E-state index in [1.165, 1.54) is 11.3 Å². The van der Waals surface area contributed by atoms with Crippen LogP contribution in [0.25, 0.3) is 0 Å². The number of rotatable bonds is 23. The fraction of sp³-hybridized carbons (Fsp3) is 0.578. The van der Waals surface area contributed by atoms with Gasteiger partial charge in [-0.05, 0) is 62.2 Å². The SMILES string of the molecule is CCC(C)C(CC(=O)C1CCCCN1C)C(=O)N(Cc1ccccc1)C(CC(OCOC)c1nc(C(=O)NC(Cc2ccccc2)CC(C)C(=O)O)cs1)C(C)C. The minimum atomic E-state index is -0.921. The molecule has 0 saturated carbocycles. The number of piperidine rings is 1. The normalized spacial score (nSPS) is 17.9. The highest BCUT2D eigenvalue weighted by atomic mass is 32.1. The standard InChI is InChI=1S/C45H64N4O7S/c1-8-31(4)36(25-40(50)38-21-15-16-22-48(38)6)44(52)49(27-34-19-13-10-14-20-34)39(30(2)3)26-41(56-29-55-7)43-47-37(28-57-43)42(51)46-35(23-32(5)45(53)54)24-33-17-11-9-12-18-33/h9-14,17-20,28,30-32,35-36,38-39,41H,8,15-16,21-27,29H2,1-7H3,(H,46,51)(H,53,54). The predicted octanol–water partition coefficient (Wildman–Crippen LogP) is 7.81. The van der Waals surface area contributed by atoms with Crippen LogP contribution in [-0.4, -0.2) is 89.1 Å². The lowest BCUT2D eigenvalue weighted by molar-refractivity contribution is -0.146. The summed E-state index contributed by atoms with van der Waals surface area (Å²) in [7, 11) is 3.56. The summed E-state index contributed by atoms with van der Waals surface area (Å²) in [6.45, 7) is 11.2. The number of carbonyl (C=O) groups is 4. The molecule has 2 heterocycles. The van der Waals surface area contributed by atoms with Gasteiger partial charge >= 0.3 is 5.97 Å². The van der Waals surface area contributed by atoms with E-state index in [0.29, 0.717) is 24.4 Å². The van der Waals surface area contributed by atoms with Gasteiger partial charge in [0.2, 0.25) is 5.91 Å². The number of nitrogens with zero attached hydrogens (tertiary/aromatic N) is 3. The summed E-state index contributed by atoms with van der Waals surface area (Å²) >= 11 is 1.30. The van der Waals surface area contributed by atoms with Crippen LogP contribution in [-0.2, 0) is 36.8 Å². The summed E-state index contributed by atoms with van der Waals surface area (Å²) in [5, 5.41) is 14.9. The number of likely N-dealkylation sites (N-methyl/N-ethyl adjacent to an activating group) is 1. The van der Waals surface area contributed by atoms with Gasteiger partial charge in [-0.1, -0.05) is 108 Å². The molecule has 1 aliphatic rings. The number of carbonyl (C=O) groups excluding carboxylic acids is 3. The molecule has 12 heteroatoms. The molecule has 1 aliphatic heterocycles. The van der Waals surface area contributed by atoms with Crippen molar-refractivity contribution in [1.29, 1.82) is 0 Å². The number of benzene rings is 2. The maximum Gasteiger partial charge on any atom is 0.306 e. The van der Waals surface area contributed by atoms with E-state index in [0.717, 1.165) is 43.4 Å². The lowest BCUT2D eigenvalue weighted by atomic mass is 9.82. The van der Waals surface area contributed by atoms with E-state index in [1.807, 2.05) is 72.6 Å². The first kappa shape index (κ1) is 45.7. The Labute approximate surface area is 343 Å². The number of methoxy groups -OCH3 is 1. The Hall–Kier alpha value is -3.97. The lowest BCUT2D eigenvalue weighted by Gasteiger charge is -2.40. The zero-order valence-corrected chi connectivity index (χ0v) is 35.7. The first-order valence-corrected chi connectivity index (χ1v) is 21.4. The molecule has 1 fully saturated rings. The molecule has 0 radical (unpaired) electrons. The maximum absolute atomic E-state index is 15.1. The highest BCUT2D eigenvalue weighted by Gasteiger charge is 2.39. The number of thiazole rings is 1. The van der Waals surface area contributed by atoms with Crippen LogP contribution in [0.5, 0.6) is 0 Å². The molecule has 2 amide bonds. The molecule has 0 aliphatic carbocycles. The molecule has 0 bridgehead atoms. The maximum atomic E-state index is 15.1. The van der Waals surface area contributed by atoms with Crippen LogP contribution in [0, 0.1) is 23.7 Å². The number of aliphatic carboxylic acids is 1. The van der Waals surface area contributed by atoms with Crippen molar-refractivity contribution in [2.24, 2.45) is 23.7 Å². The fourth-order valence-electron chi connectivity index (χ4n) is 7.79. The molecule has 11 nitrogen and oxygen atoms in total. The van der Waals surface area contributed by atoms with Crippen molar-refractivity contribution in [3.05, 3.63) is 87.9 Å². The molecule has 312 valence electrons. The number of ether oxygens (including phenoxy) is 2. The second kappa shape index (κ2) is 22.8. The molecule has 7 atom stereocenters. The van der Waals surface area contributed by atoms with Crippen LogP contribution in [0.2, 0.25) is 0 Å². The van der Waals surface area contributed by atoms with Gasteiger partial charge < -0.3 is 24.8 Å². The number of nitrogens with one attached hydrogen (secondary N) is 1. The average Bonchev–Trinajstić information content (AvgIpc) is 3.70. The number of likely N-dealkylation sites (tertiary alicyclic amines) is 1. The molecule has 3 aromatic rings. The second-order valence-electron chi connectivity index (χ2n) is 16.1.